The molecular weight excluding hydrogens is 291 g/mol. The average Bonchev–Trinajstić information content (AvgIpc) is 2.79. The summed E-state index contributed by atoms with van der Waals surface area (Å²) in [4.78, 5) is 7.47. The Morgan fingerprint density at radius 3 is 2.50 bits per heavy atom. The van der Waals surface area contributed by atoms with Crippen molar-refractivity contribution in [2.45, 2.75) is 39.8 Å². The molecule has 2 rings (SSSR count). The van der Waals surface area contributed by atoms with E-state index in [2.05, 4.69) is 23.8 Å². The Kier molecular flexibility index (Phi) is 4.80. The second kappa shape index (κ2) is 6.28. The lowest BCUT2D eigenvalue weighted by Crippen LogP contribution is -2.19. The second-order valence-electron chi connectivity index (χ2n) is 6.31. The molecule has 1 heterocycles. The summed E-state index contributed by atoms with van der Waals surface area (Å²) in [5.41, 5.74) is 6.70. The number of aromatic nitrogens is 2. The van der Waals surface area contributed by atoms with Gasteiger partial charge in [0.15, 0.2) is 0 Å². The molecule has 0 aliphatic carbocycles. The molecule has 0 amide bonds. The molecule has 1 unspecified atom stereocenters. The van der Waals surface area contributed by atoms with E-state index < -0.39 is 11.7 Å². The zero-order chi connectivity index (χ0) is 16.5. The number of imidazole rings is 1. The molecule has 1 atom stereocenters. The van der Waals surface area contributed by atoms with Gasteiger partial charge in [-0.15, -0.1) is 0 Å². The van der Waals surface area contributed by atoms with Crippen molar-refractivity contribution in [3.63, 3.8) is 0 Å². The van der Waals surface area contributed by atoms with Crippen molar-refractivity contribution in [3.05, 3.63) is 29.1 Å². The van der Waals surface area contributed by atoms with Crippen molar-refractivity contribution in [2.75, 3.05) is 6.54 Å². The third-order valence-electron chi connectivity index (χ3n) is 3.77. The van der Waals surface area contributed by atoms with Crippen LogP contribution in [-0.2, 0) is 12.6 Å². The van der Waals surface area contributed by atoms with Crippen LogP contribution in [-0.4, -0.2) is 16.5 Å². The van der Waals surface area contributed by atoms with Crippen molar-refractivity contribution < 1.29 is 13.2 Å². The third-order valence-corrected chi connectivity index (χ3v) is 3.77. The number of hydrogen-bond donors (Lipinski definition) is 2. The number of H-pyrrole nitrogens is 1. The number of nitrogens with zero attached hydrogens (tertiary/aromatic N) is 1. The molecule has 22 heavy (non-hydrogen) atoms. The number of fused-ring (bicyclic) bond motifs is 1. The van der Waals surface area contributed by atoms with Crippen molar-refractivity contribution >= 4 is 11.0 Å². The largest absolute Gasteiger partial charge is 0.416 e. The van der Waals surface area contributed by atoms with Gasteiger partial charge in [0.05, 0.1) is 16.6 Å². The smallest absolute Gasteiger partial charge is 0.342 e. The first kappa shape index (κ1) is 16.8. The number of nitrogens with two attached hydrogens (primary N) is 1. The Morgan fingerprint density at radius 2 is 1.95 bits per heavy atom. The predicted octanol–water partition coefficient (Wildman–Crippen LogP) is 4.05. The van der Waals surface area contributed by atoms with Crippen molar-refractivity contribution in [1.29, 1.82) is 0 Å². The first-order chi connectivity index (χ1) is 10.2. The van der Waals surface area contributed by atoms with Gasteiger partial charge in [0.2, 0.25) is 0 Å². The molecule has 0 radical (unpaired) electrons. The van der Waals surface area contributed by atoms with Crippen molar-refractivity contribution in [2.24, 2.45) is 17.6 Å². The zero-order valence-corrected chi connectivity index (χ0v) is 13.1. The molecule has 0 spiro atoms. The molecule has 2 aromatic rings. The van der Waals surface area contributed by atoms with Gasteiger partial charge in [0.1, 0.15) is 5.82 Å². The third kappa shape index (κ3) is 3.80. The van der Waals surface area contributed by atoms with Gasteiger partial charge in [-0.1, -0.05) is 13.8 Å². The van der Waals surface area contributed by atoms with Gasteiger partial charge in [-0.3, -0.25) is 0 Å². The molecule has 6 heteroatoms. The van der Waals surface area contributed by atoms with E-state index in [0.29, 0.717) is 41.3 Å². The molecule has 0 saturated carbocycles. The molecule has 3 N–H and O–H groups in total. The Balaban J connectivity index is 2.32. The number of halogens is 3. The topological polar surface area (TPSA) is 54.7 Å². The van der Waals surface area contributed by atoms with Crippen LogP contribution in [0.1, 0.15) is 37.2 Å². The summed E-state index contributed by atoms with van der Waals surface area (Å²) in [7, 11) is 0. The van der Waals surface area contributed by atoms with Gasteiger partial charge >= 0.3 is 6.18 Å². The van der Waals surface area contributed by atoms with Crippen LogP contribution in [0.2, 0.25) is 0 Å². The van der Waals surface area contributed by atoms with E-state index in [0.717, 1.165) is 18.6 Å². The molecule has 0 saturated heterocycles. The van der Waals surface area contributed by atoms with Gasteiger partial charge in [-0.2, -0.15) is 13.2 Å². The molecule has 0 aliphatic rings. The lowest BCUT2D eigenvalue weighted by Gasteiger charge is -2.15. The standard InChI is InChI=1S/C16H22F3N3/c1-9(2)4-11(8-20)6-14-21-13-7-12(16(17,18)19)5-10(3)15(13)22-14/h5,7,9,11H,4,6,8,20H2,1-3H3,(H,21,22). The minimum Gasteiger partial charge on any atom is -0.342 e. The average molecular weight is 313 g/mol. The maximum absolute atomic E-state index is 12.9. The monoisotopic (exact) mass is 313 g/mol. The highest BCUT2D eigenvalue weighted by atomic mass is 19.4. The normalized spacial score (nSPS) is 14.0. The van der Waals surface area contributed by atoms with Crippen LogP contribution in [0.15, 0.2) is 12.1 Å². The summed E-state index contributed by atoms with van der Waals surface area (Å²) in [6, 6.07) is 2.26. The van der Waals surface area contributed by atoms with E-state index in [-0.39, 0.29) is 5.92 Å². The van der Waals surface area contributed by atoms with Crippen LogP contribution in [0.3, 0.4) is 0 Å². The number of benzene rings is 1. The highest BCUT2D eigenvalue weighted by molar-refractivity contribution is 5.79. The summed E-state index contributed by atoms with van der Waals surface area (Å²) in [5.74, 6) is 1.51. The molecule has 0 fully saturated rings. The van der Waals surface area contributed by atoms with Gasteiger partial charge < -0.3 is 10.7 Å². The Morgan fingerprint density at radius 1 is 1.27 bits per heavy atom. The Bertz CT molecular complexity index is 644. The lowest BCUT2D eigenvalue weighted by molar-refractivity contribution is -0.137. The molecular formula is C16H22F3N3. The fourth-order valence-corrected chi connectivity index (χ4v) is 2.80. The second-order valence-corrected chi connectivity index (χ2v) is 6.31. The number of hydrogen-bond acceptors (Lipinski definition) is 2. The van der Waals surface area contributed by atoms with Crippen LogP contribution < -0.4 is 5.73 Å². The summed E-state index contributed by atoms with van der Waals surface area (Å²) in [6.07, 6.45) is -2.72. The van der Waals surface area contributed by atoms with E-state index in [4.69, 9.17) is 5.73 Å². The zero-order valence-electron chi connectivity index (χ0n) is 13.1. The summed E-state index contributed by atoms with van der Waals surface area (Å²) >= 11 is 0. The molecule has 0 bridgehead atoms. The number of aryl methyl sites for hydroxylation is 1. The fraction of sp³-hybridized carbons (Fsp3) is 0.562. The molecule has 1 aromatic carbocycles. The fourth-order valence-electron chi connectivity index (χ4n) is 2.80. The van der Waals surface area contributed by atoms with E-state index in [9.17, 15) is 13.2 Å². The highest BCUT2D eigenvalue weighted by Gasteiger charge is 2.31. The quantitative estimate of drug-likeness (QED) is 0.875. The van der Waals surface area contributed by atoms with E-state index in [1.807, 2.05) is 0 Å². The number of nitrogens with one attached hydrogen (secondary N) is 1. The van der Waals surface area contributed by atoms with Crippen LogP contribution in [0.25, 0.3) is 11.0 Å². The Labute approximate surface area is 128 Å². The Hall–Kier alpha value is -1.56. The molecule has 3 nitrogen and oxygen atoms in total. The highest BCUT2D eigenvalue weighted by Crippen LogP contribution is 2.32. The first-order valence-corrected chi connectivity index (χ1v) is 7.47. The van der Waals surface area contributed by atoms with Gasteiger partial charge in [0, 0.05) is 6.42 Å². The summed E-state index contributed by atoms with van der Waals surface area (Å²) in [6.45, 7) is 6.45. The minimum atomic E-state index is -4.35. The van der Waals surface area contributed by atoms with Crippen LogP contribution >= 0.6 is 0 Å². The summed E-state index contributed by atoms with van der Waals surface area (Å²) in [5, 5.41) is 0. The predicted molar refractivity (Wildman–Crippen MR) is 81.5 cm³/mol. The molecule has 122 valence electrons. The maximum Gasteiger partial charge on any atom is 0.416 e. The summed E-state index contributed by atoms with van der Waals surface area (Å²) < 4.78 is 38.6. The molecule has 0 aliphatic heterocycles. The van der Waals surface area contributed by atoms with E-state index >= 15 is 0 Å². The van der Waals surface area contributed by atoms with Crippen molar-refractivity contribution in [1.82, 2.24) is 9.97 Å². The maximum atomic E-state index is 12.9. The molecule has 1 aromatic heterocycles. The van der Waals surface area contributed by atoms with Crippen LogP contribution in [0, 0.1) is 18.8 Å². The number of rotatable bonds is 5. The van der Waals surface area contributed by atoms with E-state index in [1.165, 1.54) is 0 Å². The van der Waals surface area contributed by atoms with Crippen LogP contribution in [0.4, 0.5) is 13.2 Å². The SMILES string of the molecule is Cc1cc(C(F)(F)F)cc2[nH]c(CC(CN)CC(C)C)nc12. The van der Waals surface area contributed by atoms with E-state index in [1.54, 1.807) is 6.92 Å². The lowest BCUT2D eigenvalue weighted by atomic mass is 9.94. The first-order valence-electron chi connectivity index (χ1n) is 7.47. The van der Waals surface area contributed by atoms with Crippen LogP contribution in [0.5, 0.6) is 0 Å². The van der Waals surface area contributed by atoms with Gasteiger partial charge in [-0.05, 0) is 49.4 Å². The van der Waals surface area contributed by atoms with Gasteiger partial charge in [0.25, 0.3) is 0 Å². The van der Waals surface area contributed by atoms with Gasteiger partial charge in [-0.25, -0.2) is 4.98 Å². The van der Waals surface area contributed by atoms with Crippen molar-refractivity contribution in [3.8, 4) is 0 Å². The number of alkyl halides is 3. The minimum absolute atomic E-state index is 0.281. The number of aromatic amines is 1.